The first kappa shape index (κ1) is 14.6. The van der Waals surface area contributed by atoms with E-state index in [2.05, 4.69) is 0 Å². The van der Waals surface area contributed by atoms with Crippen molar-refractivity contribution in [1.82, 2.24) is 0 Å². The third-order valence-corrected chi connectivity index (χ3v) is 3.17. The fourth-order valence-corrected chi connectivity index (χ4v) is 2.03. The third-order valence-electron chi connectivity index (χ3n) is 3.17. The SMILES string of the molecule is CC(C)c1ccc(-c2ccc(C(F)(F)F)cc2)cc1F. The maximum absolute atomic E-state index is 13.9. The lowest BCUT2D eigenvalue weighted by Crippen LogP contribution is -2.04. The monoisotopic (exact) mass is 282 g/mol. The van der Waals surface area contributed by atoms with Crippen LogP contribution in [0.4, 0.5) is 17.6 Å². The highest BCUT2D eigenvalue weighted by molar-refractivity contribution is 5.64. The van der Waals surface area contributed by atoms with Gasteiger partial charge in [-0.05, 0) is 40.8 Å². The van der Waals surface area contributed by atoms with E-state index in [9.17, 15) is 17.6 Å². The van der Waals surface area contributed by atoms with E-state index in [-0.39, 0.29) is 11.7 Å². The molecule has 0 heterocycles. The Hall–Kier alpha value is -1.84. The number of alkyl halides is 3. The van der Waals surface area contributed by atoms with E-state index < -0.39 is 11.7 Å². The van der Waals surface area contributed by atoms with Gasteiger partial charge in [-0.25, -0.2) is 4.39 Å². The summed E-state index contributed by atoms with van der Waals surface area (Å²) in [5.41, 5.74) is 1.02. The Morgan fingerprint density at radius 1 is 0.850 bits per heavy atom. The number of halogens is 4. The lowest BCUT2D eigenvalue weighted by molar-refractivity contribution is -0.137. The Balaban J connectivity index is 2.35. The van der Waals surface area contributed by atoms with Crippen molar-refractivity contribution >= 4 is 0 Å². The highest BCUT2D eigenvalue weighted by atomic mass is 19.4. The molecule has 2 aromatic rings. The molecule has 0 amide bonds. The van der Waals surface area contributed by atoms with Gasteiger partial charge in [0.25, 0.3) is 0 Å². The molecule has 0 radical (unpaired) electrons. The Kier molecular flexibility index (Phi) is 3.84. The van der Waals surface area contributed by atoms with Crippen LogP contribution in [0.2, 0.25) is 0 Å². The normalized spacial score (nSPS) is 11.9. The molecule has 0 aliphatic carbocycles. The molecule has 0 nitrogen and oxygen atoms in total. The first-order valence-electron chi connectivity index (χ1n) is 6.26. The number of benzene rings is 2. The van der Waals surface area contributed by atoms with Gasteiger partial charge in [-0.15, -0.1) is 0 Å². The molecule has 0 saturated heterocycles. The van der Waals surface area contributed by atoms with Crippen molar-refractivity contribution in [1.29, 1.82) is 0 Å². The molecular weight excluding hydrogens is 268 g/mol. The standard InChI is InChI=1S/C16H14F4/c1-10(2)14-8-5-12(9-15(14)17)11-3-6-13(7-4-11)16(18,19)20/h3-10H,1-2H3. The van der Waals surface area contributed by atoms with Crippen LogP contribution < -0.4 is 0 Å². The minimum atomic E-state index is -4.36. The van der Waals surface area contributed by atoms with Crippen LogP contribution >= 0.6 is 0 Å². The molecule has 2 aromatic carbocycles. The number of hydrogen-bond acceptors (Lipinski definition) is 0. The molecule has 0 bridgehead atoms. The predicted octanol–water partition coefficient (Wildman–Crippen LogP) is 5.63. The van der Waals surface area contributed by atoms with Gasteiger partial charge in [0.2, 0.25) is 0 Å². The Bertz CT molecular complexity index is 595. The first-order chi connectivity index (χ1) is 9.29. The Morgan fingerprint density at radius 2 is 1.40 bits per heavy atom. The fourth-order valence-electron chi connectivity index (χ4n) is 2.03. The minimum Gasteiger partial charge on any atom is -0.207 e. The zero-order valence-electron chi connectivity index (χ0n) is 11.1. The summed E-state index contributed by atoms with van der Waals surface area (Å²) in [6.45, 7) is 3.77. The van der Waals surface area contributed by atoms with Crippen molar-refractivity contribution in [3.63, 3.8) is 0 Å². The van der Waals surface area contributed by atoms with Gasteiger partial charge in [-0.1, -0.05) is 38.1 Å². The number of rotatable bonds is 2. The van der Waals surface area contributed by atoms with Gasteiger partial charge in [-0.3, -0.25) is 0 Å². The zero-order chi connectivity index (χ0) is 14.9. The summed E-state index contributed by atoms with van der Waals surface area (Å²) >= 11 is 0. The molecule has 0 fully saturated rings. The van der Waals surface area contributed by atoms with Crippen molar-refractivity contribution in [3.8, 4) is 11.1 Å². The molecule has 0 atom stereocenters. The van der Waals surface area contributed by atoms with Crippen LogP contribution in [0.1, 0.15) is 30.9 Å². The van der Waals surface area contributed by atoms with Gasteiger partial charge >= 0.3 is 6.18 Å². The van der Waals surface area contributed by atoms with Crippen molar-refractivity contribution in [3.05, 3.63) is 59.4 Å². The van der Waals surface area contributed by atoms with Crippen LogP contribution in [-0.2, 0) is 6.18 Å². The molecule has 0 aliphatic heterocycles. The van der Waals surface area contributed by atoms with Gasteiger partial charge in [-0.2, -0.15) is 13.2 Å². The van der Waals surface area contributed by atoms with Crippen LogP contribution in [0.3, 0.4) is 0 Å². The average Bonchev–Trinajstić information content (AvgIpc) is 2.37. The first-order valence-corrected chi connectivity index (χ1v) is 6.26. The summed E-state index contributed by atoms with van der Waals surface area (Å²) in [7, 11) is 0. The molecule has 0 aromatic heterocycles. The van der Waals surface area contributed by atoms with E-state index >= 15 is 0 Å². The van der Waals surface area contributed by atoms with Crippen molar-refractivity contribution in [2.75, 3.05) is 0 Å². The second kappa shape index (κ2) is 5.27. The predicted molar refractivity (Wildman–Crippen MR) is 70.9 cm³/mol. The maximum Gasteiger partial charge on any atom is 0.416 e. The van der Waals surface area contributed by atoms with Gasteiger partial charge < -0.3 is 0 Å². The zero-order valence-corrected chi connectivity index (χ0v) is 11.1. The quantitative estimate of drug-likeness (QED) is 0.626. The van der Waals surface area contributed by atoms with Gasteiger partial charge in [0, 0.05) is 0 Å². The molecule has 0 spiro atoms. The van der Waals surface area contributed by atoms with E-state index in [1.165, 1.54) is 18.2 Å². The van der Waals surface area contributed by atoms with Crippen molar-refractivity contribution < 1.29 is 17.6 Å². The average molecular weight is 282 g/mol. The summed E-state index contributed by atoms with van der Waals surface area (Å²) in [5.74, 6) is -0.269. The molecule has 0 aliphatic rings. The smallest absolute Gasteiger partial charge is 0.207 e. The van der Waals surface area contributed by atoms with Gasteiger partial charge in [0.15, 0.2) is 0 Å². The third kappa shape index (κ3) is 3.00. The lowest BCUT2D eigenvalue weighted by Gasteiger charge is -2.10. The summed E-state index contributed by atoms with van der Waals surface area (Å²) in [4.78, 5) is 0. The van der Waals surface area contributed by atoms with E-state index in [1.54, 1.807) is 12.1 Å². The van der Waals surface area contributed by atoms with Crippen LogP contribution in [0, 0.1) is 5.82 Å². The minimum absolute atomic E-state index is 0.0663. The van der Waals surface area contributed by atoms with Crippen LogP contribution in [-0.4, -0.2) is 0 Å². The molecule has 0 unspecified atom stereocenters. The summed E-state index contributed by atoms with van der Waals surface area (Å²) < 4.78 is 51.3. The van der Waals surface area contributed by atoms with E-state index in [1.807, 2.05) is 13.8 Å². The fraction of sp³-hybridized carbons (Fsp3) is 0.250. The molecule has 106 valence electrons. The van der Waals surface area contributed by atoms with Crippen LogP contribution in [0.25, 0.3) is 11.1 Å². The topological polar surface area (TPSA) is 0 Å². The Morgan fingerprint density at radius 3 is 1.85 bits per heavy atom. The second-order valence-electron chi connectivity index (χ2n) is 4.97. The number of hydrogen-bond donors (Lipinski definition) is 0. The van der Waals surface area contributed by atoms with Crippen LogP contribution in [0.5, 0.6) is 0 Å². The van der Waals surface area contributed by atoms with Gasteiger partial charge in [0.05, 0.1) is 5.56 Å². The Labute approximate surface area is 115 Å². The van der Waals surface area contributed by atoms with E-state index in [0.29, 0.717) is 16.7 Å². The molecule has 0 N–H and O–H groups in total. The molecule has 0 saturated carbocycles. The molecular formula is C16H14F4. The summed E-state index contributed by atoms with van der Waals surface area (Å²) in [6.07, 6.45) is -4.36. The maximum atomic E-state index is 13.9. The van der Waals surface area contributed by atoms with Gasteiger partial charge in [0.1, 0.15) is 5.82 Å². The van der Waals surface area contributed by atoms with Crippen LogP contribution in [0.15, 0.2) is 42.5 Å². The molecule has 2 rings (SSSR count). The van der Waals surface area contributed by atoms with E-state index in [4.69, 9.17) is 0 Å². The van der Waals surface area contributed by atoms with Crippen molar-refractivity contribution in [2.45, 2.75) is 25.9 Å². The summed E-state index contributed by atoms with van der Waals surface area (Å²) in [6, 6.07) is 9.47. The van der Waals surface area contributed by atoms with Crippen molar-refractivity contribution in [2.24, 2.45) is 0 Å². The molecule has 4 heteroatoms. The largest absolute Gasteiger partial charge is 0.416 e. The highest BCUT2D eigenvalue weighted by Gasteiger charge is 2.29. The molecule has 20 heavy (non-hydrogen) atoms. The lowest BCUT2D eigenvalue weighted by atomic mass is 9.97. The second-order valence-corrected chi connectivity index (χ2v) is 4.97. The highest BCUT2D eigenvalue weighted by Crippen LogP contribution is 2.31. The van der Waals surface area contributed by atoms with E-state index in [0.717, 1.165) is 12.1 Å². The summed E-state index contributed by atoms with van der Waals surface area (Å²) in [5, 5.41) is 0.